The van der Waals surface area contributed by atoms with Crippen molar-refractivity contribution in [3.05, 3.63) is 35.9 Å². The Balaban J connectivity index is 2.04. The van der Waals surface area contributed by atoms with Gasteiger partial charge in [0, 0.05) is 30.6 Å². The van der Waals surface area contributed by atoms with E-state index in [2.05, 4.69) is 17.2 Å². The molecule has 1 fully saturated rings. The van der Waals surface area contributed by atoms with Crippen LogP contribution in [0.2, 0.25) is 0 Å². The van der Waals surface area contributed by atoms with Crippen molar-refractivity contribution in [2.24, 2.45) is 0 Å². The fourth-order valence-electron chi connectivity index (χ4n) is 2.19. The summed E-state index contributed by atoms with van der Waals surface area (Å²) in [7, 11) is 0. The molecular weight excluding hydrogens is 224 g/mol. The maximum absolute atomic E-state index is 12.1. The minimum absolute atomic E-state index is 0.0740. The second kappa shape index (κ2) is 6.23. The Bertz CT molecular complexity index is 452. The third-order valence-corrected chi connectivity index (χ3v) is 3.16. The van der Waals surface area contributed by atoms with E-state index >= 15 is 0 Å². The van der Waals surface area contributed by atoms with Gasteiger partial charge in [-0.15, -0.1) is 0 Å². The number of rotatable bonds is 2. The van der Waals surface area contributed by atoms with E-state index in [1.165, 1.54) is 0 Å². The summed E-state index contributed by atoms with van der Waals surface area (Å²) in [5.74, 6) is 5.58. The lowest BCUT2D eigenvalue weighted by molar-refractivity contribution is -0.126. The zero-order chi connectivity index (χ0) is 12.8. The Morgan fingerprint density at radius 2 is 2.22 bits per heavy atom. The third-order valence-electron chi connectivity index (χ3n) is 3.16. The zero-order valence-corrected chi connectivity index (χ0v) is 10.6. The van der Waals surface area contributed by atoms with Crippen molar-refractivity contribution in [3.8, 4) is 11.8 Å². The van der Waals surface area contributed by atoms with Gasteiger partial charge in [-0.2, -0.15) is 0 Å². The van der Waals surface area contributed by atoms with Gasteiger partial charge in [-0.3, -0.25) is 4.79 Å². The van der Waals surface area contributed by atoms with Crippen LogP contribution in [0.1, 0.15) is 18.9 Å². The van der Waals surface area contributed by atoms with E-state index in [0.29, 0.717) is 12.6 Å². The van der Waals surface area contributed by atoms with Gasteiger partial charge in [-0.1, -0.05) is 24.1 Å². The molecule has 1 atom stereocenters. The third kappa shape index (κ3) is 3.12. The number of carbonyl (C=O) groups is 1. The van der Waals surface area contributed by atoms with Crippen LogP contribution in [0.25, 0.3) is 0 Å². The van der Waals surface area contributed by atoms with Gasteiger partial charge in [0.15, 0.2) is 0 Å². The van der Waals surface area contributed by atoms with E-state index in [9.17, 15) is 4.79 Å². The highest BCUT2D eigenvalue weighted by Gasteiger charge is 2.23. The van der Waals surface area contributed by atoms with Gasteiger partial charge in [0.1, 0.15) is 0 Å². The predicted octanol–water partition coefficient (Wildman–Crippen LogP) is 1.25. The van der Waals surface area contributed by atoms with Crippen molar-refractivity contribution in [3.63, 3.8) is 0 Å². The molecule has 0 saturated carbocycles. The fourth-order valence-corrected chi connectivity index (χ4v) is 2.19. The topological polar surface area (TPSA) is 32.3 Å². The minimum atomic E-state index is -0.0740. The van der Waals surface area contributed by atoms with E-state index in [1.54, 1.807) is 0 Å². The first-order valence-electron chi connectivity index (χ1n) is 6.39. The van der Waals surface area contributed by atoms with Crippen LogP contribution in [-0.4, -0.2) is 36.5 Å². The lowest BCUT2D eigenvalue weighted by Crippen LogP contribution is -2.40. The molecule has 1 unspecified atom stereocenters. The molecule has 1 aromatic carbocycles. The van der Waals surface area contributed by atoms with Crippen molar-refractivity contribution in [2.45, 2.75) is 19.4 Å². The van der Waals surface area contributed by atoms with Gasteiger partial charge in [0.2, 0.25) is 0 Å². The van der Waals surface area contributed by atoms with E-state index in [1.807, 2.05) is 42.2 Å². The Hall–Kier alpha value is -1.79. The summed E-state index contributed by atoms with van der Waals surface area (Å²) >= 11 is 0. The molecule has 1 N–H and O–H groups in total. The molecule has 1 aliphatic heterocycles. The zero-order valence-electron chi connectivity index (χ0n) is 10.6. The smallest absolute Gasteiger partial charge is 0.299 e. The van der Waals surface area contributed by atoms with Crippen LogP contribution in [0.3, 0.4) is 0 Å². The van der Waals surface area contributed by atoms with Crippen LogP contribution in [0, 0.1) is 11.8 Å². The summed E-state index contributed by atoms with van der Waals surface area (Å²) in [6, 6.07) is 9.91. The van der Waals surface area contributed by atoms with Crippen LogP contribution < -0.4 is 5.32 Å². The van der Waals surface area contributed by atoms with Crippen LogP contribution in [-0.2, 0) is 4.79 Å². The number of likely N-dealkylation sites (N-methyl/N-ethyl adjacent to an activating group) is 1. The monoisotopic (exact) mass is 242 g/mol. The van der Waals surface area contributed by atoms with Crippen molar-refractivity contribution >= 4 is 5.91 Å². The molecule has 1 saturated heterocycles. The molecular formula is C15H18N2O. The molecule has 1 amide bonds. The van der Waals surface area contributed by atoms with Crippen molar-refractivity contribution < 1.29 is 4.79 Å². The first kappa shape index (κ1) is 12.7. The first-order chi connectivity index (χ1) is 8.81. The number of amides is 1. The standard InChI is InChI=1S/C15H18N2O/c1-2-17(14-10-11-16-12-14)15(18)9-8-13-6-4-3-5-7-13/h3-7,14,16H,2,10-12H2,1H3. The quantitative estimate of drug-likeness (QED) is 0.792. The van der Waals surface area contributed by atoms with Gasteiger partial charge < -0.3 is 10.2 Å². The predicted molar refractivity (Wildman–Crippen MR) is 72.0 cm³/mol. The van der Waals surface area contributed by atoms with Gasteiger partial charge in [0.25, 0.3) is 5.91 Å². The van der Waals surface area contributed by atoms with Gasteiger partial charge in [-0.25, -0.2) is 0 Å². The highest BCUT2D eigenvalue weighted by Crippen LogP contribution is 2.08. The van der Waals surface area contributed by atoms with Gasteiger partial charge in [-0.05, 0) is 32.0 Å². The van der Waals surface area contributed by atoms with Crippen molar-refractivity contribution in [2.75, 3.05) is 19.6 Å². The fraction of sp³-hybridized carbons (Fsp3) is 0.400. The Labute approximate surface area is 108 Å². The number of nitrogens with one attached hydrogen (secondary N) is 1. The van der Waals surface area contributed by atoms with E-state index in [-0.39, 0.29) is 5.91 Å². The SMILES string of the molecule is CCN(C(=O)C#Cc1ccccc1)C1CCNC1. The molecule has 0 radical (unpaired) electrons. The maximum Gasteiger partial charge on any atom is 0.299 e. The van der Waals surface area contributed by atoms with Crippen molar-refractivity contribution in [1.29, 1.82) is 0 Å². The molecule has 0 aromatic heterocycles. The van der Waals surface area contributed by atoms with Crippen LogP contribution in [0.4, 0.5) is 0 Å². The van der Waals surface area contributed by atoms with Crippen LogP contribution >= 0.6 is 0 Å². The molecule has 18 heavy (non-hydrogen) atoms. The van der Waals surface area contributed by atoms with Crippen LogP contribution in [0.5, 0.6) is 0 Å². The van der Waals surface area contributed by atoms with Gasteiger partial charge in [0.05, 0.1) is 0 Å². The molecule has 0 bridgehead atoms. The number of benzene rings is 1. The summed E-state index contributed by atoms with van der Waals surface area (Å²) in [6.45, 7) is 4.59. The normalized spacial score (nSPS) is 17.9. The number of carbonyl (C=O) groups excluding carboxylic acids is 1. The largest absolute Gasteiger partial charge is 0.328 e. The lowest BCUT2D eigenvalue weighted by atomic mass is 10.2. The summed E-state index contributed by atoms with van der Waals surface area (Å²) < 4.78 is 0. The highest BCUT2D eigenvalue weighted by molar-refractivity contribution is 5.94. The molecule has 0 spiro atoms. The maximum atomic E-state index is 12.1. The average Bonchev–Trinajstić information content (AvgIpc) is 2.92. The number of hydrogen-bond donors (Lipinski definition) is 1. The molecule has 0 aliphatic carbocycles. The summed E-state index contributed by atoms with van der Waals surface area (Å²) in [5, 5.41) is 3.27. The highest BCUT2D eigenvalue weighted by atomic mass is 16.2. The molecule has 3 nitrogen and oxygen atoms in total. The molecule has 1 heterocycles. The Kier molecular flexibility index (Phi) is 4.38. The number of nitrogens with zero attached hydrogens (tertiary/aromatic N) is 1. The summed E-state index contributed by atoms with van der Waals surface area (Å²) in [6.07, 6.45) is 1.02. The number of hydrogen-bond acceptors (Lipinski definition) is 2. The average molecular weight is 242 g/mol. The van der Waals surface area contributed by atoms with E-state index < -0.39 is 0 Å². The van der Waals surface area contributed by atoms with E-state index in [4.69, 9.17) is 0 Å². The molecule has 1 aromatic rings. The Morgan fingerprint density at radius 1 is 1.44 bits per heavy atom. The Morgan fingerprint density at radius 3 is 2.83 bits per heavy atom. The van der Waals surface area contributed by atoms with Crippen molar-refractivity contribution in [1.82, 2.24) is 10.2 Å². The minimum Gasteiger partial charge on any atom is -0.328 e. The molecule has 3 heteroatoms. The van der Waals surface area contributed by atoms with E-state index in [0.717, 1.165) is 25.1 Å². The van der Waals surface area contributed by atoms with Crippen LogP contribution in [0.15, 0.2) is 30.3 Å². The molecule has 2 rings (SSSR count). The second-order valence-corrected chi connectivity index (χ2v) is 4.35. The molecule has 94 valence electrons. The first-order valence-corrected chi connectivity index (χ1v) is 6.39. The van der Waals surface area contributed by atoms with Gasteiger partial charge >= 0.3 is 0 Å². The summed E-state index contributed by atoms with van der Waals surface area (Å²) in [4.78, 5) is 13.9. The molecule has 1 aliphatic rings. The lowest BCUT2D eigenvalue weighted by Gasteiger charge is -2.24. The second-order valence-electron chi connectivity index (χ2n) is 4.35. The summed E-state index contributed by atoms with van der Waals surface area (Å²) in [5.41, 5.74) is 0.881.